The van der Waals surface area contributed by atoms with Crippen molar-refractivity contribution in [3.63, 3.8) is 0 Å². The number of hydrogen-bond acceptors (Lipinski definition) is 6. The van der Waals surface area contributed by atoms with Crippen LogP contribution in [0.5, 0.6) is 5.75 Å². The SMILES string of the molecule is COc1ccc(SCCC(=O)Nc2sc3c(c2C#N)CC(C)(C)NC3(C)C)cc1. The number of thiophene rings is 1. The van der Waals surface area contributed by atoms with Gasteiger partial charge in [-0.05, 0) is 63.9 Å². The first kappa shape index (κ1) is 21.7. The highest BCUT2D eigenvalue weighted by Crippen LogP contribution is 2.44. The molecule has 3 rings (SSSR count). The molecule has 0 spiro atoms. The summed E-state index contributed by atoms with van der Waals surface area (Å²) in [5.41, 5.74) is 1.35. The van der Waals surface area contributed by atoms with E-state index in [1.807, 2.05) is 24.3 Å². The summed E-state index contributed by atoms with van der Waals surface area (Å²) in [6, 6.07) is 10.1. The van der Waals surface area contributed by atoms with E-state index >= 15 is 0 Å². The Morgan fingerprint density at radius 2 is 2.00 bits per heavy atom. The first-order chi connectivity index (χ1) is 13.6. The van der Waals surface area contributed by atoms with Gasteiger partial charge in [0, 0.05) is 33.0 Å². The summed E-state index contributed by atoms with van der Waals surface area (Å²) in [4.78, 5) is 14.7. The number of hydrogen-bond donors (Lipinski definition) is 2. The summed E-state index contributed by atoms with van der Waals surface area (Å²) in [6.07, 6.45) is 1.16. The summed E-state index contributed by atoms with van der Waals surface area (Å²) < 4.78 is 5.16. The van der Waals surface area contributed by atoms with Crippen LogP contribution >= 0.6 is 23.1 Å². The zero-order chi connectivity index (χ0) is 21.2. The van der Waals surface area contributed by atoms with Crippen LogP contribution in [0.3, 0.4) is 0 Å². The van der Waals surface area contributed by atoms with Gasteiger partial charge in [-0.2, -0.15) is 5.26 Å². The van der Waals surface area contributed by atoms with Crippen molar-refractivity contribution < 1.29 is 9.53 Å². The Hall–Kier alpha value is -2.01. The van der Waals surface area contributed by atoms with Crippen molar-refractivity contribution in [1.29, 1.82) is 5.26 Å². The molecule has 7 heteroatoms. The molecule has 0 radical (unpaired) electrons. The van der Waals surface area contributed by atoms with Gasteiger partial charge in [0.05, 0.1) is 12.7 Å². The van der Waals surface area contributed by atoms with Gasteiger partial charge in [0.25, 0.3) is 0 Å². The van der Waals surface area contributed by atoms with E-state index in [2.05, 4.69) is 44.4 Å². The molecule has 2 heterocycles. The molecule has 1 aromatic carbocycles. The molecule has 0 atom stereocenters. The smallest absolute Gasteiger partial charge is 0.225 e. The summed E-state index contributed by atoms with van der Waals surface area (Å²) >= 11 is 3.15. The van der Waals surface area contributed by atoms with Crippen LogP contribution in [0.25, 0.3) is 0 Å². The van der Waals surface area contributed by atoms with Crippen LogP contribution in [0.1, 0.15) is 50.1 Å². The quantitative estimate of drug-likeness (QED) is 0.638. The third-order valence-corrected chi connectivity index (χ3v) is 7.35. The number of rotatable bonds is 6. The van der Waals surface area contributed by atoms with E-state index in [0.717, 1.165) is 27.5 Å². The van der Waals surface area contributed by atoms with Crippen molar-refractivity contribution in [1.82, 2.24) is 5.32 Å². The Bertz CT molecular complexity index is 940. The van der Waals surface area contributed by atoms with Gasteiger partial charge in [0.2, 0.25) is 5.91 Å². The highest BCUT2D eigenvalue weighted by atomic mass is 32.2. The predicted molar refractivity (Wildman–Crippen MR) is 120 cm³/mol. The molecule has 1 amide bonds. The molecule has 1 aliphatic rings. The van der Waals surface area contributed by atoms with Gasteiger partial charge in [0.1, 0.15) is 16.8 Å². The van der Waals surface area contributed by atoms with Crippen LogP contribution in [0.2, 0.25) is 0 Å². The van der Waals surface area contributed by atoms with Crippen LogP contribution in [-0.2, 0) is 16.8 Å². The minimum Gasteiger partial charge on any atom is -0.497 e. The molecule has 1 aromatic heterocycles. The number of fused-ring (bicyclic) bond motifs is 1. The number of thioether (sulfide) groups is 1. The molecule has 2 aromatic rings. The van der Waals surface area contributed by atoms with Crippen molar-refractivity contribution in [3.8, 4) is 11.8 Å². The lowest BCUT2D eigenvalue weighted by Crippen LogP contribution is -2.54. The van der Waals surface area contributed by atoms with E-state index in [9.17, 15) is 10.1 Å². The molecular weight excluding hydrogens is 402 g/mol. The standard InChI is InChI=1S/C22H27N3O2S2/c1-21(2)12-16-17(13-23)20(29-19(16)22(3,4)25-21)24-18(26)10-11-28-15-8-6-14(27-5)7-9-15/h6-9,25H,10-12H2,1-5H3,(H,24,26). The second kappa shape index (κ2) is 8.39. The van der Waals surface area contributed by atoms with Gasteiger partial charge in [-0.15, -0.1) is 23.1 Å². The Labute approximate surface area is 180 Å². The fraction of sp³-hybridized carbons (Fsp3) is 0.455. The zero-order valence-electron chi connectivity index (χ0n) is 17.5. The lowest BCUT2D eigenvalue weighted by Gasteiger charge is -2.42. The van der Waals surface area contributed by atoms with E-state index in [1.54, 1.807) is 18.9 Å². The maximum Gasteiger partial charge on any atom is 0.225 e. The Balaban J connectivity index is 1.66. The number of carbonyl (C=O) groups excluding carboxylic acids is 1. The van der Waals surface area contributed by atoms with E-state index < -0.39 is 0 Å². The lowest BCUT2D eigenvalue weighted by molar-refractivity contribution is -0.115. The Kier molecular flexibility index (Phi) is 6.27. The minimum atomic E-state index is -0.236. The van der Waals surface area contributed by atoms with Gasteiger partial charge < -0.3 is 15.4 Å². The largest absolute Gasteiger partial charge is 0.497 e. The Morgan fingerprint density at radius 3 is 2.62 bits per heavy atom. The molecule has 29 heavy (non-hydrogen) atoms. The summed E-state index contributed by atoms with van der Waals surface area (Å²) in [5.74, 6) is 1.43. The molecule has 1 aliphatic heterocycles. The second-order valence-corrected chi connectivity index (χ2v) is 10.5. The molecule has 0 saturated heterocycles. The topological polar surface area (TPSA) is 74.1 Å². The maximum atomic E-state index is 12.5. The predicted octanol–water partition coefficient (Wildman–Crippen LogP) is 4.91. The summed E-state index contributed by atoms with van der Waals surface area (Å²) in [6.45, 7) is 8.54. The third-order valence-electron chi connectivity index (χ3n) is 4.87. The molecule has 0 bridgehead atoms. The van der Waals surface area contributed by atoms with Crippen molar-refractivity contribution in [2.75, 3.05) is 18.2 Å². The van der Waals surface area contributed by atoms with E-state index in [-0.39, 0.29) is 17.0 Å². The van der Waals surface area contributed by atoms with Crippen molar-refractivity contribution in [2.45, 2.75) is 56.5 Å². The lowest BCUT2D eigenvalue weighted by atomic mass is 9.81. The monoisotopic (exact) mass is 429 g/mol. The number of nitrogens with one attached hydrogen (secondary N) is 2. The molecule has 5 nitrogen and oxygen atoms in total. The molecular formula is C22H27N3O2S2. The molecule has 2 N–H and O–H groups in total. The van der Waals surface area contributed by atoms with Gasteiger partial charge >= 0.3 is 0 Å². The van der Waals surface area contributed by atoms with E-state index in [0.29, 0.717) is 22.7 Å². The van der Waals surface area contributed by atoms with Crippen LogP contribution in [0.15, 0.2) is 29.2 Å². The van der Waals surface area contributed by atoms with Crippen LogP contribution in [-0.4, -0.2) is 24.3 Å². The minimum absolute atomic E-state index is 0.0638. The normalized spacial score (nSPS) is 16.6. The van der Waals surface area contributed by atoms with E-state index in [4.69, 9.17) is 4.74 Å². The average Bonchev–Trinajstić information content (AvgIpc) is 2.98. The molecule has 0 fully saturated rings. The first-order valence-electron chi connectivity index (χ1n) is 9.57. The van der Waals surface area contributed by atoms with Gasteiger partial charge in [0.15, 0.2) is 0 Å². The number of benzene rings is 1. The van der Waals surface area contributed by atoms with Gasteiger partial charge in [-0.25, -0.2) is 0 Å². The van der Waals surface area contributed by atoms with Crippen LogP contribution < -0.4 is 15.4 Å². The fourth-order valence-electron chi connectivity index (χ4n) is 3.86. The van der Waals surface area contributed by atoms with Crippen LogP contribution in [0.4, 0.5) is 5.00 Å². The number of nitrogens with zero attached hydrogens (tertiary/aromatic N) is 1. The fourth-order valence-corrected chi connectivity index (χ4v) is 5.95. The summed E-state index contributed by atoms with van der Waals surface area (Å²) in [7, 11) is 1.64. The third kappa shape index (κ3) is 4.95. The zero-order valence-corrected chi connectivity index (χ0v) is 19.1. The number of carbonyl (C=O) groups is 1. The molecule has 0 unspecified atom stereocenters. The number of anilines is 1. The van der Waals surface area contributed by atoms with Gasteiger partial charge in [-0.3, -0.25) is 4.79 Å². The number of amides is 1. The van der Waals surface area contributed by atoms with Crippen molar-refractivity contribution in [2.24, 2.45) is 0 Å². The van der Waals surface area contributed by atoms with Crippen molar-refractivity contribution >= 4 is 34.0 Å². The van der Waals surface area contributed by atoms with Gasteiger partial charge in [-0.1, -0.05) is 0 Å². The highest BCUT2D eigenvalue weighted by Gasteiger charge is 2.40. The molecule has 0 aliphatic carbocycles. The van der Waals surface area contributed by atoms with Crippen molar-refractivity contribution in [3.05, 3.63) is 40.3 Å². The average molecular weight is 430 g/mol. The molecule has 154 valence electrons. The molecule has 0 saturated carbocycles. The first-order valence-corrected chi connectivity index (χ1v) is 11.4. The second-order valence-electron chi connectivity index (χ2n) is 8.36. The number of nitriles is 1. The highest BCUT2D eigenvalue weighted by molar-refractivity contribution is 7.99. The van der Waals surface area contributed by atoms with E-state index in [1.165, 1.54) is 11.3 Å². The van der Waals surface area contributed by atoms with Crippen LogP contribution in [0, 0.1) is 11.3 Å². The maximum absolute atomic E-state index is 12.5. The summed E-state index contributed by atoms with van der Waals surface area (Å²) in [5, 5.41) is 17.1. The number of methoxy groups -OCH3 is 1. The Morgan fingerprint density at radius 1 is 1.31 bits per heavy atom. The number of ether oxygens (including phenoxy) is 1.